The van der Waals surface area contributed by atoms with Gasteiger partial charge in [-0.2, -0.15) is 0 Å². The Hall–Kier alpha value is -2.78. The van der Waals surface area contributed by atoms with E-state index in [1.165, 1.54) is 4.57 Å². The van der Waals surface area contributed by atoms with E-state index in [9.17, 15) is 20.1 Å². The first-order chi connectivity index (χ1) is 13.5. The summed E-state index contributed by atoms with van der Waals surface area (Å²) in [5.41, 5.74) is 1.48. The maximum absolute atomic E-state index is 13.1. The van der Waals surface area contributed by atoms with Gasteiger partial charge in [0.05, 0.1) is 28.9 Å². The fourth-order valence-corrected chi connectivity index (χ4v) is 3.40. The molecule has 2 heterocycles. The van der Waals surface area contributed by atoms with Crippen molar-refractivity contribution in [2.24, 2.45) is 0 Å². The van der Waals surface area contributed by atoms with Crippen molar-refractivity contribution in [3.63, 3.8) is 0 Å². The highest BCUT2D eigenvalue weighted by Gasteiger charge is 2.37. The number of hydrogen-bond donors (Lipinski definition) is 4. The molecule has 0 spiro atoms. The molecular weight excluding hydrogens is 362 g/mol. The van der Waals surface area contributed by atoms with Crippen LogP contribution in [-0.2, 0) is 4.74 Å². The van der Waals surface area contributed by atoms with Gasteiger partial charge in [0, 0.05) is 0 Å². The van der Waals surface area contributed by atoms with Crippen LogP contribution < -0.4 is 10.9 Å². The SMILES string of the molecule is Cc1nc2ccccc2c(=O)n1-c1ccccc1NC1OC[C@@H](O)[C@H](O)[C@H]1O. The molecule has 4 N–H and O–H groups in total. The third kappa shape index (κ3) is 3.16. The first-order valence-electron chi connectivity index (χ1n) is 8.97. The molecule has 3 aromatic rings. The number of aliphatic hydroxyl groups excluding tert-OH is 3. The first kappa shape index (κ1) is 18.6. The van der Waals surface area contributed by atoms with Gasteiger partial charge in [-0.1, -0.05) is 24.3 Å². The second-order valence-electron chi connectivity index (χ2n) is 6.78. The molecule has 1 aliphatic heterocycles. The van der Waals surface area contributed by atoms with Crippen LogP contribution in [0.1, 0.15) is 5.82 Å². The number of nitrogens with zero attached hydrogens (tertiary/aromatic N) is 2. The molecule has 28 heavy (non-hydrogen) atoms. The standard InChI is InChI=1S/C20H21N3O5/c1-11-21-13-7-3-2-6-12(13)20(27)23(11)15-9-5-4-8-14(15)22-19-18(26)17(25)16(24)10-28-19/h2-9,16-19,22,24-26H,10H2,1H3/t16-,17+,18-,19?/m1/s1. The number of fused-ring (bicyclic) bond motifs is 1. The number of anilines is 1. The number of para-hydroxylation sites is 3. The zero-order valence-corrected chi connectivity index (χ0v) is 15.2. The summed E-state index contributed by atoms with van der Waals surface area (Å²) in [4.78, 5) is 17.6. The van der Waals surface area contributed by atoms with E-state index in [2.05, 4.69) is 10.3 Å². The highest BCUT2D eigenvalue weighted by atomic mass is 16.5. The van der Waals surface area contributed by atoms with Crippen LogP contribution in [0.4, 0.5) is 5.69 Å². The molecule has 8 heteroatoms. The zero-order valence-electron chi connectivity index (χ0n) is 15.2. The fraction of sp³-hybridized carbons (Fsp3) is 0.300. The number of aromatic nitrogens is 2. The summed E-state index contributed by atoms with van der Waals surface area (Å²) in [6.07, 6.45) is -4.75. The van der Waals surface area contributed by atoms with Crippen LogP contribution in [0.25, 0.3) is 16.6 Å². The van der Waals surface area contributed by atoms with E-state index in [-0.39, 0.29) is 12.2 Å². The van der Waals surface area contributed by atoms with E-state index in [0.717, 1.165) is 0 Å². The molecule has 0 aliphatic carbocycles. The number of rotatable bonds is 3. The summed E-state index contributed by atoms with van der Waals surface area (Å²) in [5.74, 6) is 0.513. The summed E-state index contributed by atoms with van der Waals surface area (Å²) in [6, 6.07) is 14.2. The average Bonchev–Trinajstić information content (AvgIpc) is 2.69. The molecule has 8 nitrogen and oxygen atoms in total. The van der Waals surface area contributed by atoms with Crippen molar-refractivity contribution in [2.75, 3.05) is 11.9 Å². The van der Waals surface area contributed by atoms with E-state index in [0.29, 0.717) is 28.1 Å². The van der Waals surface area contributed by atoms with Crippen LogP contribution in [0.5, 0.6) is 0 Å². The molecule has 1 aliphatic rings. The van der Waals surface area contributed by atoms with E-state index in [1.54, 1.807) is 49.4 Å². The van der Waals surface area contributed by atoms with E-state index < -0.39 is 24.5 Å². The molecule has 4 rings (SSSR count). The third-order valence-electron chi connectivity index (χ3n) is 4.89. The minimum atomic E-state index is -1.33. The van der Waals surface area contributed by atoms with Crippen molar-refractivity contribution in [2.45, 2.75) is 31.5 Å². The van der Waals surface area contributed by atoms with Crippen LogP contribution in [-0.4, -0.2) is 56.0 Å². The number of nitrogens with one attached hydrogen (secondary N) is 1. The second kappa shape index (κ2) is 7.33. The van der Waals surface area contributed by atoms with Crippen LogP contribution in [0.2, 0.25) is 0 Å². The van der Waals surface area contributed by atoms with Gasteiger partial charge in [-0.25, -0.2) is 4.98 Å². The van der Waals surface area contributed by atoms with Crippen molar-refractivity contribution >= 4 is 16.6 Å². The average molecular weight is 383 g/mol. The molecule has 1 unspecified atom stereocenters. The predicted molar refractivity (Wildman–Crippen MR) is 103 cm³/mol. The van der Waals surface area contributed by atoms with Crippen LogP contribution >= 0.6 is 0 Å². The Kier molecular flexibility index (Phi) is 4.86. The molecule has 4 atom stereocenters. The quantitative estimate of drug-likeness (QED) is 0.522. The number of benzene rings is 2. The molecule has 0 radical (unpaired) electrons. The number of hydrogen-bond acceptors (Lipinski definition) is 7. The molecule has 0 bridgehead atoms. The van der Waals surface area contributed by atoms with Crippen molar-refractivity contribution in [3.8, 4) is 5.69 Å². The van der Waals surface area contributed by atoms with Crippen LogP contribution in [0, 0.1) is 6.92 Å². The molecule has 1 fully saturated rings. The largest absolute Gasteiger partial charge is 0.388 e. The maximum atomic E-state index is 13.1. The Labute approximate surface area is 160 Å². The summed E-state index contributed by atoms with van der Waals surface area (Å²) in [7, 11) is 0. The second-order valence-corrected chi connectivity index (χ2v) is 6.78. The van der Waals surface area contributed by atoms with Crippen LogP contribution in [0.3, 0.4) is 0 Å². The Morgan fingerprint density at radius 1 is 1.07 bits per heavy atom. The van der Waals surface area contributed by atoms with Gasteiger partial charge in [-0.15, -0.1) is 0 Å². The van der Waals surface area contributed by atoms with E-state index in [4.69, 9.17) is 4.74 Å². The molecule has 1 saturated heterocycles. The Balaban J connectivity index is 1.77. The zero-order chi connectivity index (χ0) is 19.8. The molecule has 0 amide bonds. The van der Waals surface area contributed by atoms with Gasteiger partial charge in [-0.05, 0) is 31.2 Å². The monoisotopic (exact) mass is 383 g/mol. The van der Waals surface area contributed by atoms with Gasteiger partial charge in [0.25, 0.3) is 5.56 Å². The molecule has 146 valence electrons. The lowest BCUT2D eigenvalue weighted by Crippen LogP contribution is -2.55. The highest BCUT2D eigenvalue weighted by Crippen LogP contribution is 2.24. The normalized spacial score (nSPS) is 25.0. The van der Waals surface area contributed by atoms with Crippen LogP contribution in [0.15, 0.2) is 53.3 Å². The lowest BCUT2D eigenvalue weighted by Gasteiger charge is -2.36. The van der Waals surface area contributed by atoms with Gasteiger partial charge in [0.2, 0.25) is 0 Å². The smallest absolute Gasteiger partial charge is 0.266 e. The van der Waals surface area contributed by atoms with Crippen molar-refractivity contribution in [1.29, 1.82) is 0 Å². The molecule has 1 aromatic heterocycles. The Bertz CT molecular complexity index is 1070. The van der Waals surface area contributed by atoms with Gasteiger partial charge in [-0.3, -0.25) is 9.36 Å². The molecule has 2 aromatic carbocycles. The first-order valence-corrected chi connectivity index (χ1v) is 8.97. The van der Waals surface area contributed by atoms with E-state index >= 15 is 0 Å². The summed E-state index contributed by atoms with van der Waals surface area (Å²) >= 11 is 0. The van der Waals surface area contributed by atoms with E-state index in [1.807, 2.05) is 6.07 Å². The maximum Gasteiger partial charge on any atom is 0.266 e. The molecule has 0 saturated carbocycles. The fourth-order valence-electron chi connectivity index (χ4n) is 3.40. The number of aliphatic hydroxyl groups is 3. The summed E-state index contributed by atoms with van der Waals surface area (Å²) in [5, 5.41) is 33.2. The van der Waals surface area contributed by atoms with Gasteiger partial charge < -0.3 is 25.4 Å². The minimum Gasteiger partial charge on any atom is -0.388 e. The lowest BCUT2D eigenvalue weighted by atomic mass is 10.0. The minimum absolute atomic E-state index is 0.117. The number of aryl methyl sites for hydroxylation is 1. The predicted octanol–water partition coefficient (Wildman–Crippen LogP) is 0.545. The topological polar surface area (TPSA) is 117 Å². The lowest BCUT2D eigenvalue weighted by molar-refractivity contribution is -0.178. The summed E-state index contributed by atoms with van der Waals surface area (Å²) < 4.78 is 6.92. The van der Waals surface area contributed by atoms with Crippen molar-refractivity contribution < 1.29 is 20.1 Å². The summed E-state index contributed by atoms with van der Waals surface area (Å²) in [6.45, 7) is 1.63. The van der Waals surface area contributed by atoms with Crippen molar-refractivity contribution in [3.05, 3.63) is 64.7 Å². The Morgan fingerprint density at radius 2 is 1.79 bits per heavy atom. The highest BCUT2D eigenvalue weighted by molar-refractivity contribution is 5.78. The van der Waals surface area contributed by atoms with Gasteiger partial charge >= 0.3 is 0 Å². The third-order valence-corrected chi connectivity index (χ3v) is 4.89. The van der Waals surface area contributed by atoms with Gasteiger partial charge in [0.15, 0.2) is 6.23 Å². The van der Waals surface area contributed by atoms with Gasteiger partial charge in [0.1, 0.15) is 24.1 Å². The van der Waals surface area contributed by atoms with Crippen molar-refractivity contribution in [1.82, 2.24) is 9.55 Å². The number of ether oxygens (including phenoxy) is 1. The Morgan fingerprint density at radius 3 is 2.61 bits per heavy atom. The molecular formula is C20H21N3O5.